The predicted octanol–water partition coefficient (Wildman–Crippen LogP) is 1.65. The Morgan fingerprint density at radius 3 is 2.83 bits per heavy atom. The Labute approximate surface area is 81.1 Å². The molecule has 0 aliphatic carbocycles. The van der Waals surface area contributed by atoms with Gasteiger partial charge in [-0.1, -0.05) is 6.07 Å². The Morgan fingerprint density at radius 1 is 1.58 bits per heavy atom. The molecule has 0 N–H and O–H groups in total. The molecule has 0 fully saturated rings. The number of hydrogen-bond acceptors (Lipinski definition) is 3. The smallest absolute Gasteiger partial charge is 0.259 e. The number of carbonyl (C=O) groups is 1. The van der Waals surface area contributed by atoms with E-state index >= 15 is 0 Å². The molecule has 0 aliphatic heterocycles. The molecule has 0 saturated heterocycles. The average molecular weight is 208 g/mol. The van der Waals surface area contributed by atoms with Gasteiger partial charge in [-0.3, -0.25) is 4.79 Å². The van der Waals surface area contributed by atoms with Crippen LogP contribution in [0.2, 0.25) is 0 Å². The zero-order valence-electron chi connectivity index (χ0n) is 6.07. The Hall–Kier alpha value is -0.800. The quantitative estimate of drug-likeness (QED) is 0.709. The second kappa shape index (κ2) is 5.80. The highest BCUT2D eigenvalue weighted by Crippen LogP contribution is 2.02. The van der Waals surface area contributed by atoms with E-state index in [2.05, 4.69) is 4.98 Å². The van der Waals surface area contributed by atoms with Gasteiger partial charge in [0.1, 0.15) is 0 Å². The summed E-state index contributed by atoms with van der Waals surface area (Å²) in [6.07, 6.45) is 1.58. The monoisotopic (exact) mass is 207 g/mol. The molecule has 3 nitrogen and oxygen atoms in total. The van der Waals surface area contributed by atoms with Gasteiger partial charge in [-0.2, -0.15) is 0 Å². The molecule has 5 heteroatoms. The number of aromatic nitrogens is 1. The molecule has 1 rings (SSSR count). The fourth-order valence-electron chi connectivity index (χ4n) is 0.563. The van der Waals surface area contributed by atoms with E-state index in [9.17, 15) is 4.79 Å². The lowest BCUT2D eigenvalue weighted by atomic mass is 10.5. The van der Waals surface area contributed by atoms with Crippen molar-refractivity contribution >= 4 is 29.3 Å². The van der Waals surface area contributed by atoms with Crippen molar-refractivity contribution in [2.45, 2.75) is 0 Å². The van der Waals surface area contributed by atoms with Gasteiger partial charge in [-0.25, -0.2) is 4.98 Å². The molecule has 66 valence electrons. The van der Waals surface area contributed by atoms with Crippen LogP contribution in [0, 0.1) is 0 Å². The second-order valence-electron chi connectivity index (χ2n) is 1.81. The lowest BCUT2D eigenvalue weighted by Gasteiger charge is -1.98. The maximum Gasteiger partial charge on any atom is 0.259 e. The van der Waals surface area contributed by atoms with Gasteiger partial charge < -0.3 is 4.74 Å². The van der Waals surface area contributed by atoms with Gasteiger partial charge in [-0.15, -0.1) is 12.4 Å². The zero-order valence-corrected chi connectivity index (χ0v) is 7.64. The van der Waals surface area contributed by atoms with Crippen LogP contribution in [0.3, 0.4) is 0 Å². The van der Waals surface area contributed by atoms with Crippen molar-refractivity contribution in [2.75, 3.05) is 6.61 Å². The molecule has 0 radical (unpaired) electrons. The molecule has 0 amide bonds. The number of carbonyl (C=O) groups excluding carboxylic acids is 1. The van der Waals surface area contributed by atoms with Crippen LogP contribution in [0.15, 0.2) is 24.4 Å². The largest absolute Gasteiger partial charge is 0.468 e. The van der Waals surface area contributed by atoms with E-state index in [-0.39, 0.29) is 19.0 Å². The molecule has 1 aromatic rings. The normalized spacial score (nSPS) is 8.42. The second-order valence-corrected chi connectivity index (χ2v) is 2.23. The van der Waals surface area contributed by atoms with Crippen LogP contribution >= 0.6 is 24.0 Å². The first-order valence-corrected chi connectivity index (χ1v) is 3.39. The van der Waals surface area contributed by atoms with Crippen LogP contribution in [-0.2, 0) is 4.79 Å². The molecule has 0 spiro atoms. The summed E-state index contributed by atoms with van der Waals surface area (Å²) < 4.78 is 4.87. The molecule has 0 unspecified atom stereocenters. The van der Waals surface area contributed by atoms with Gasteiger partial charge in [0.05, 0.1) is 0 Å². The third-order valence-corrected chi connectivity index (χ3v) is 1.08. The van der Waals surface area contributed by atoms with E-state index in [0.717, 1.165) is 0 Å². The van der Waals surface area contributed by atoms with Crippen molar-refractivity contribution < 1.29 is 9.53 Å². The van der Waals surface area contributed by atoms with Crippen LogP contribution in [0.5, 0.6) is 5.88 Å². The van der Waals surface area contributed by atoms with Crippen molar-refractivity contribution in [3.8, 4) is 5.88 Å². The molecule has 1 aromatic heterocycles. The molecular formula is C7H7Cl2NO2. The van der Waals surface area contributed by atoms with E-state index in [4.69, 9.17) is 16.3 Å². The number of nitrogens with zero attached hydrogens (tertiary/aromatic N) is 1. The van der Waals surface area contributed by atoms with Crippen LogP contribution in [0.1, 0.15) is 0 Å². The minimum Gasteiger partial charge on any atom is -0.468 e. The molecule has 0 aliphatic rings. The molecule has 12 heavy (non-hydrogen) atoms. The molecular weight excluding hydrogens is 201 g/mol. The fourth-order valence-corrected chi connectivity index (χ4v) is 0.618. The van der Waals surface area contributed by atoms with Crippen LogP contribution in [-0.4, -0.2) is 16.8 Å². The first kappa shape index (κ1) is 11.2. The summed E-state index contributed by atoms with van der Waals surface area (Å²) >= 11 is 5.04. The van der Waals surface area contributed by atoms with Gasteiger partial charge in [0, 0.05) is 12.3 Å². The Kier molecular flexibility index (Phi) is 5.41. The summed E-state index contributed by atoms with van der Waals surface area (Å²) in [5, 5.41) is -0.532. The van der Waals surface area contributed by atoms with Crippen molar-refractivity contribution in [2.24, 2.45) is 0 Å². The van der Waals surface area contributed by atoms with Gasteiger partial charge in [0.2, 0.25) is 5.88 Å². The van der Waals surface area contributed by atoms with E-state index < -0.39 is 5.24 Å². The fraction of sp³-hybridized carbons (Fsp3) is 0.143. The van der Waals surface area contributed by atoms with Gasteiger partial charge in [-0.05, 0) is 17.7 Å². The van der Waals surface area contributed by atoms with Crippen molar-refractivity contribution in [3.63, 3.8) is 0 Å². The maximum absolute atomic E-state index is 10.2. The highest BCUT2D eigenvalue weighted by atomic mass is 35.5. The van der Waals surface area contributed by atoms with Crippen molar-refractivity contribution in [1.29, 1.82) is 0 Å². The molecule has 0 aromatic carbocycles. The van der Waals surface area contributed by atoms with Crippen molar-refractivity contribution in [1.82, 2.24) is 4.98 Å². The van der Waals surface area contributed by atoms with E-state index in [1.54, 1.807) is 24.4 Å². The van der Waals surface area contributed by atoms with Gasteiger partial charge in [0.25, 0.3) is 5.24 Å². The molecule has 0 bridgehead atoms. The lowest BCUT2D eigenvalue weighted by Crippen LogP contribution is -2.04. The van der Waals surface area contributed by atoms with Crippen LogP contribution in [0.25, 0.3) is 0 Å². The van der Waals surface area contributed by atoms with Crippen molar-refractivity contribution in [3.05, 3.63) is 24.4 Å². The van der Waals surface area contributed by atoms with Crippen LogP contribution < -0.4 is 4.74 Å². The van der Waals surface area contributed by atoms with Gasteiger partial charge in [0.15, 0.2) is 6.61 Å². The minimum absolute atomic E-state index is 0. The first-order valence-electron chi connectivity index (χ1n) is 3.01. The Balaban J connectivity index is 0.00000121. The number of ether oxygens (including phenoxy) is 1. The van der Waals surface area contributed by atoms with E-state index in [1.807, 2.05) is 0 Å². The first-order chi connectivity index (χ1) is 5.29. The standard InChI is InChI=1S/C7H6ClNO2.ClH/c8-6(10)5-11-7-3-1-2-4-9-7;/h1-4H,5H2;1H. The summed E-state index contributed by atoms with van der Waals surface area (Å²) in [4.78, 5) is 14.0. The van der Waals surface area contributed by atoms with Gasteiger partial charge >= 0.3 is 0 Å². The highest BCUT2D eigenvalue weighted by molar-refractivity contribution is 6.63. The zero-order chi connectivity index (χ0) is 8.10. The summed E-state index contributed by atoms with van der Waals surface area (Å²) in [7, 11) is 0. The Bertz CT molecular complexity index is 240. The third-order valence-electron chi connectivity index (χ3n) is 0.971. The lowest BCUT2D eigenvalue weighted by molar-refractivity contribution is -0.113. The van der Waals surface area contributed by atoms with E-state index in [1.165, 1.54) is 0 Å². The molecule has 0 atom stereocenters. The maximum atomic E-state index is 10.2. The minimum atomic E-state index is -0.532. The number of hydrogen-bond donors (Lipinski definition) is 0. The molecule has 0 saturated carbocycles. The van der Waals surface area contributed by atoms with E-state index in [0.29, 0.717) is 5.88 Å². The highest BCUT2D eigenvalue weighted by Gasteiger charge is 1.96. The summed E-state index contributed by atoms with van der Waals surface area (Å²) in [6.45, 7) is -0.140. The predicted molar refractivity (Wildman–Crippen MR) is 47.8 cm³/mol. The number of pyridine rings is 1. The number of rotatable bonds is 3. The third kappa shape index (κ3) is 4.16. The molecule has 1 heterocycles. The number of halogens is 2. The Morgan fingerprint density at radius 2 is 2.33 bits per heavy atom. The summed E-state index contributed by atoms with van der Waals surface area (Å²) in [6, 6.07) is 5.18. The average Bonchev–Trinajstić information content (AvgIpc) is 2.03. The topological polar surface area (TPSA) is 39.2 Å². The van der Waals surface area contributed by atoms with Crippen LogP contribution in [0.4, 0.5) is 0 Å². The summed E-state index contributed by atoms with van der Waals surface area (Å²) in [5.74, 6) is 0.404. The summed E-state index contributed by atoms with van der Waals surface area (Å²) in [5.41, 5.74) is 0. The SMILES string of the molecule is Cl.O=C(Cl)COc1ccccn1.